The van der Waals surface area contributed by atoms with Gasteiger partial charge < -0.3 is 8.94 Å². The monoisotopic (exact) mass is 340 g/mol. The Morgan fingerprint density at radius 2 is 2.17 bits per heavy atom. The summed E-state index contributed by atoms with van der Waals surface area (Å²) in [6, 6.07) is 3.27. The van der Waals surface area contributed by atoms with Gasteiger partial charge in [-0.3, -0.25) is 4.90 Å². The molecule has 23 heavy (non-hydrogen) atoms. The molecule has 1 aliphatic rings. The maximum absolute atomic E-state index is 12.1. The Bertz CT molecular complexity index is 780. The topological polar surface area (TPSA) is 92.7 Å². The summed E-state index contributed by atoms with van der Waals surface area (Å²) in [7, 11) is -0.586. The second kappa shape index (κ2) is 6.06. The van der Waals surface area contributed by atoms with Crippen molar-refractivity contribution in [2.45, 2.75) is 37.4 Å². The van der Waals surface area contributed by atoms with Crippen LogP contribution in [-0.4, -0.2) is 48.4 Å². The molecule has 0 amide bonds. The van der Waals surface area contributed by atoms with E-state index < -0.39 is 10.0 Å². The molecule has 3 rings (SSSR count). The molecule has 3 heterocycles. The average molecular weight is 340 g/mol. The molecular weight excluding hydrogens is 320 g/mol. The summed E-state index contributed by atoms with van der Waals surface area (Å²) in [5.74, 6) is 1.83. The van der Waals surface area contributed by atoms with Crippen molar-refractivity contribution < 1.29 is 17.4 Å². The van der Waals surface area contributed by atoms with Gasteiger partial charge in [0.15, 0.2) is 5.82 Å². The van der Waals surface area contributed by atoms with Gasteiger partial charge in [0.2, 0.25) is 11.0 Å². The number of hydrogen-bond donors (Lipinski definition) is 0. The average Bonchev–Trinajstić information content (AvgIpc) is 3.19. The lowest BCUT2D eigenvalue weighted by Crippen LogP contribution is -2.23. The molecule has 8 nitrogen and oxygen atoms in total. The second-order valence-electron chi connectivity index (χ2n) is 5.81. The third-order valence-corrected chi connectivity index (χ3v) is 5.63. The highest BCUT2D eigenvalue weighted by Gasteiger charge is 2.31. The van der Waals surface area contributed by atoms with Gasteiger partial charge in [0.25, 0.3) is 10.0 Å². The first-order valence-electron chi connectivity index (χ1n) is 7.43. The lowest BCUT2D eigenvalue weighted by Gasteiger charge is -2.20. The number of likely N-dealkylation sites (tertiary alicyclic amines) is 1. The zero-order valence-electron chi connectivity index (χ0n) is 13.4. The fourth-order valence-corrected chi connectivity index (χ4v) is 3.53. The van der Waals surface area contributed by atoms with Gasteiger partial charge in [0, 0.05) is 21.0 Å². The van der Waals surface area contributed by atoms with Crippen molar-refractivity contribution in [1.29, 1.82) is 0 Å². The summed E-state index contributed by atoms with van der Waals surface area (Å²) in [4.78, 5) is 6.48. The number of aryl methyl sites for hydroxylation is 1. The number of aromatic nitrogens is 2. The number of sulfonamides is 1. The summed E-state index contributed by atoms with van der Waals surface area (Å²) in [5.41, 5.74) is 0. The number of furan rings is 1. The van der Waals surface area contributed by atoms with Crippen molar-refractivity contribution >= 4 is 10.0 Å². The van der Waals surface area contributed by atoms with E-state index in [0.29, 0.717) is 24.0 Å². The molecule has 9 heteroatoms. The third-order valence-electron chi connectivity index (χ3n) is 3.94. The molecular formula is C14H20N4O4S. The molecule has 2 aromatic rings. The Morgan fingerprint density at radius 3 is 2.83 bits per heavy atom. The molecule has 2 aromatic heterocycles. The molecule has 0 radical (unpaired) electrons. The lowest BCUT2D eigenvalue weighted by atomic mass is 10.2. The van der Waals surface area contributed by atoms with Crippen LogP contribution >= 0.6 is 0 Å². The van der Waals surface area contributed by atoms with Crippen molar-refractivity contribution in [2.24, 2.45) is 0 Å². The van der Waals surface area contributed by atoms with Crippen LogP contribution in [0.3, 0.4) is 0 Å². The third kappa shape index (κ3) is 3.17. The van der Waals surface area contributed by atoms with Crippen LogP contribution in [0.5, 0.6) is 0 Å². The van der Waals surface area contributed by atoms with Gasteiger partial charge in [0.1, 0.15) is 5.76 Å². The maximum Gasteiger partial charge on any atom is 0.275 e. The first-order chi connectivity index (χ1) is 10.9. The smallest absolute Gasteiger partial charge is 0.275 e. The van der Waals surface area contributed by atoms with Crippen LogP contribution in [0.4, 0.5) is 0 Å². The first-order valence-corrected chi connectivity index (χ1v) is 8.87. The molecule has 0 N–H and O–H groups in total. The fraction of sp³-hybridized carbons (Fsp3) is 0.571. The standard InChI is InChI=1S/C14H20N4O4S/c1-10-15-14(16-22-10)12-5-4-8-18(12)9-11-6-7-13(21-11)23(19,20)17(2)3/h6-7,12H,4-5,8-9H2,1-3H3. The number of rotatable bonds is 5. The summed E-state index contributed by atoms with van der Waals surface area (Å²) in [5, 5.41) is 3.96. The Morgan fingerprint density at radius 1 is 1.39 bits per heavy atom. The Balaban J connectivity index is 1.76. The van der Waals surface area contributed by atoms with Gasteiger partial charge in [-0.1, -0.05) is 5.16 Å². The van der Waals surface area contributed by atoms with Gasteiger partial charge in [0.05, 0.1) is 12.6 Å². The van der Waals surface area contributed by atoms with Gasteiger partial charge in [-0.25, -0.2) is 12.7 Å². The van der Waals surface area contributed by atoms with Crippen LogP contribution < -0.4 is 0 Å². The molecule has 0 aromatic carbocycles. The lowest BCUT2D eigenvalue weighted by molar-refractivity contribution is 0.210. The van der Waals surface area contributed by atoms with Crippen LogP contribution in [0.15, 0.2) is 26.2 Å². The van der Waals surface area contributed by atoms with E-state index in [-0.39, 0.29) is 11.1 Å². The van der Waals surface area contributed by atoms with Gasteiger partial charge >= 0.3 is 0 Å². The minimum absolute atomic E-state index is 0.0383. The molecule has 1 aliphatic heterocycles. The quantitative estimate of drug-likeness (QED) is 0.815. The van der Waals surface area contributed by atoms with E-state index in [1.54, 1.807) is 13.0 Å². The van der Waals surface area contributed by atoms with Crippen LogP contribution in [0.1, 0.15) is 36.4 Å². The Labute approximate surface area is 135 Å². The van der Waals surface area contributed by atoms with Crippen molar-refractivity contribution in [2.75, 3.05) is 20.6 Å². The van der Waals surface area contributed by atoms with E-state index in [1.807, 2.05) is 0 Å². The van der Waals surface area contributed by atoms with E-state index in [9.17, 15) is 8.42 Å². The molecule has 1 fully saturated rings. The minimum Gasteiger partial charge on any atom is -0.447 e. The highest BCUT2D eigenvalue weighted by atomic mass is 32.2. The van der Waals surface area contributed by atoms with Gasteiger partial charge in [-0.15, -0.1) is 0 Å². The zero-order chi connectivity index (χ0) is 16.6. The van der Waals surface area contributed by atoms with Crippen molar-refractivity contribution in [3.63, 3.8) is 0 Å². The normalized spacial score (nSPS) is 19.7. The summed E-state index contributed by atoms with van der Waals surface area (Å²) >= 11 is 0. The van der Waals surface area contributed by atoms with E-state index in [0.717, 1.165) is 23.7 Å². The largest absolute Gasteiger partial charge is 0.447 e. The van der Waals surface area contributed by atoms with Crippen molar-refractivity contribution in [1.82, 2.24) is 19.3 Å². The van der Waals surface area contributed by atoms with Gasteiger partial charge in [-0.05, 0) is 31.5 Å². The minimum atomic E-state index is -3.54. The second-order valence-corrected chi connectivity index (χ2v) is 7.89. The Hall–Kier alpha value is -1.71. The highest BCUT2D eigenvalue weighted by Crippen LogP contribution is 2.32. The summed E-state index contributed by atoms with van der Waals surface area (Å²) in [6.07, 6.45) is 1.98. The van der Waals surface area contributed by atoms with E-state index in [2.05, 4.69) is 15.0 Å². The maximum atomic E-state index is 12.1. The van der Waals surface area contributed by atoms with Crippen LogP contribution in [0.25, 0.3) is 0 Å². The van der Waals surface area contributed by atoms with Crippen LogP contribution in [0, 0.1) is 6.92 Å². The highest BCUT2D eigenvalue weighted by molar-refractivity contribution is 7.88. The first kappa shape index (κ1) is 16.2. The van der Waals surface area contributed by atoms with Crippen molar-refractivity contribution in [3.05, 3.63) is 29.6 Å². The zero-order valence-corrected chi connectivity index (χ0v) is 14.2. The van der Waals surface area contributed by atoms with Crippen LogP contribution in [0.2, 0.25) is 0 Å². The fourth-order valence-electron chi connectivity index (χ4n) is 2.72. The van der Waals surface area contributed by atoms with E-state index >= 15 is 0 Å². The molecule has 0 bridgehead atoms. The predicted molar refractivity (Wildman–Crippen MR) is 81.0 cm³/mol. The summed E-state index contributed by atoms with van der Waals surface area (Å²) < 4.78 is 35.8. The van der Waals surface area contributed by atoms with Gasteiger partial charge in [-0.2, -0.15) is 4.98 Å². The number of nitrogens with zero attached hydrogens (tertiary/aromatic N) is 4. The van der Waals surface area contributed by atoms with E-state index in [1.165, 1.54) is 20.2 Å². The molecule has 126 valence electrons. The molecule has 0 saturated carbocycles. The summed E-state index contributed by atoms with van der Waals surface area (Å²) in [6.45, 7) is 3.16. The molecule has 1 unspecified atom stereocenters. The molecule has 1 atom stereocenters. The molecule has 1 saturated heterocycles. The number of hydrogen-bond acceptors (Lipinski definition) is 7. The Kier molecular flexibility index (Phi) is 4.26. The van der Waals surface area contributed by atoms with Crippen molar-refractivity contribution in [3.8, 4) is 0 Å². The van der Waals surface area contributed by atoms with E-state index in [4.69, 9.17) is 8.94 Å². The molecule has 0 aliphatic carbocycles. The molecule has 0 spiro atoms. The van der Waals surface area contributed by atoms with Crippen LogP contribution in [-0.2, 0) is 16.6 Å². The predicted octanol–water partition coefficient (Wildman–Crippen LogP) is 1.56. The SMILES string of the molecule is Cc1nc(C2CCCN2Cc2ccc(S(=O)(=O)N(C)C)o2)no1.